The van der Waals surface area contributed by atoms with Gasteiger partial charge in [-0.05, 0) is 35.3 Å². The zero-order valence-corrected chi connectivity index (χ0v) is 11.7. The van der Waals surface area contributed by atoms with Crippen LogP contribution in [-0.2, 0) is 7.05 Å². The zero-order chi connectivity index (χ0) is 12.5. The summed E-state index contributed by atoms with van der Waals surface area (Å²) in [4.78, 5) is 12.7. The normalized spacial score (nSPS) is 24.2. The molecule has 1 aromatic rings. The van der Waals surface area contributed by atoms with Gasteiger partial charge in [0, 0.05) is 19.0 Å². The fraction of sp³-hybridized carbons (Fsp3) is 0.727. The molecule has 1 saturated heterocycles. The third kappa shape index (κ3) is 2.15. The summed E-state index contributed by atoms with van der Waals surface area (Å²) in [7, 11) is 1.76. The van der Waals surface area contributed by atoms with Gasteiger partial charge in [0.25, 0.3) is 0 Å². The van der Waals surface area contributed by atoms with Crippen LogP contribution < -0.4 is 5.32 Å². The van der Waals surface area contributed by atoms with E-state index in [1.165, 1.54) is 0 Å². The third-order valence-electron chi connectivity index (χ3n) is 3.45. The maximum Gasteiger partial charge on any atom is 0.191 e. The highest BCUT2D eigenvalue weighted by Gasteiger charge is 2.42. The van der Waals surface area contributed by atoms with Crippen molar-refractivity contribution in [3.8, 4) is 0 Å². The molecule has 6 heteroatoms. The lowest BCUT2D eigenvalue weighted by molar-refractivity contribution is 0.0790. The molecule has 17 heavy (non-hydrogen) atoms. The van der Waals surface area contributed by atoms with Crippen molar-refractivity contribution < 1.29 is 4.79 Å². The first-order valence-corrected chi connectivity index (χ1v) is 6.71. The number of Topliss-reactive ketones (excluding diaryl/α,β-unsaturated/α-hetero) is 1. The van der Waals surface area contributed by atoms with E-state index in [1.807, 2.05) is 0 Å². The van der Waals surface area contributed by atoms with Crippen LogP contribution in [0.15, 0.2) is 4.60 Å². The van der Waals surface area contributed by atoms with Crippen molar-refractivity contribution in [3.63, 3.8) is 0 Å². The van der Waals surface area contributed by atoms with E-state index in [4.69, 9.17) is 0 Å². The first-order chi connectivity index (χ1) is 8.10. The molecule has 1 unspecified atom stereocenters. The predicted molar refractivity (Wildman–Crippen MR) is 67.9 cm³/mol. The van der Waals surface area contributed by atoms with Gasteiger partial charge < -0.3 is 5.32 Å². The van der Waals surface area contributed by atoms with Crippen LogP contribution in [0.1, 0.15) is 36.7 Å². The number of rotatable bonds is 4. The number of nitrogens with zero attached hydrogens (tertiary/aromatic N) is 3. The maximum atomic E-state index is 12.7. The molecule has 0 saturated carbocycles. The van der Waals surface area contributed by atoms with Crippen LogP contribution >= 0.6 is 15.9 Å². The van der Waals surface area contributed by atoms with Crippen molar-refractivity contribution in [2.24, 2.45) is 12.5 Å². The Morgan fingerprint density at radius 1 is 1.65 bits per heavy atom. The lowest BCUT2D eigenvalue weighted by Gasteiger charge is -2.25. The monoisotopic (exact) mass is 300 g/mol. The fourth-order valence-corrected chi connectivity index (χ4v) is 3.07. The van der Waals surface area contributed by atoms with Crippen molar-refractivity contribution in [1.82, 2.24) is 20.3 Å². The average Bonchev–Trinajstić information content (AvgIpc) is 2.88. The fourth-order valence-electron chi connectivity index (χ4n) is 2.57. The van der Waals surface area contributed by atoms with Gasteiger partial charge in [-0.2, -0.15) is 0 Å². The Kier molecular flexibility index (Phi) is 3.63. The van der Waals surface area contributed by atoms with Crippen LogP contribution in [0.4, 0.5) is 0 Å². The molecule has 0 aromatic carbocycles. The number of aromatic nitrogens is 3. The minimum Gasteiger partial charge on any atom is -0.316 e. The second kappa shape index (κ2) is 4.86. The molecule has 2 heterocycles. The SMILES string of the molecule is CCCC1(C(=O)c2c(Br)nnn2C)CCNC1. The highest BCUT2D eigenvalue weighted by molar-refractivity contribution is 9.10. The van der Waals surface area contributed by atoms with Crippen LogP contribution in [0, 0.1) is 5.41 Å². The molecule has 94 valence electrons. The molecule has 0 spiro atoms. The summed E-state index contributed by atoms with van der Waals surface area (Å²) >= 11 is 3.30. The van der Waals surface area contributed by atoms with Gasteiger partial charge in [0.2, 0.25) is 0 Å². The molecule has 0 radical (unpaired) electrons. The smallest absolute Gasteiger partial charge is 0.191 e. The molecule has 0 aliphatic carbocycles. The average molecular weight is 301 g/mol. The minimum atomic E-state index is -0.271. The Hall–Kier alpha value is -0.750. The van der Waals surface area contributed by atoms with E-state index in [1.54, 1.807) is 11.7 Å². The van der Waals surface area contributed by atoms with Gasteiger partial charge in [-0.25, -0.2) is 4.68 Å². The van der Waals surface area contributed by atoms with E-state index < -0.39 is 0 Å². The number of halogens is 1. The van der Waals surface area contributed by atoms with Crippen LogP contribution in [0.2, 0.25) is 0 Å². The zero-order valence-electron chi connectivity index (χ0n) is 10.2. The molecular formula is C11H17BrN4O. The highest BCUT2D eigenvalue weighted by Crippen LogP contribution is 2.36. The molecule has 2 rings (SSSR count). The van der Waals surface area contributed by atoms with Crippen molar-refractivity contribution in [3.05, 3.63) is 10.3 Å². The van der Waals surface area contributed by atoms with Gasteiger partial charge in [-0.1, -0.05) is 18.6 Å². The van der Waals surface area contributed by atoms with Gasteiger partial charge in [-0.3, -0.25) is 4.79 Å². The van der Waals surface area contributed by atoms with E-state index in [-0.39, 0.29) is 11.2 Å². The number of carbonyl (C=O) groups excluding carboxylic acids is 1. The first kappa shape index (κ1) is 12.7. The summed E-state index contributed by atoms with van der Waals surface area (Å²) in [5.74, 6) is 0.156. The lowest BCUT2D eigenvalue weighted by Crippen LogP contribution is -2.35. The number of hydrogen-bond donors (Lipinski definition) is 1. The summed E-state index contributed by atoms with van der Waals surface area (Å²) < 4.78 is 2.11. The van der Waals surface area contributed by atoms with Gasteiger partial charge in [0.1, 0.15) is 5.69 Å². The third-order valence-corrected chi connectivity index (χ3v) is 3.99. The van der Waals surface area contributed by atoms with E-state index in [2.05, 4.69) is 38.5 Å². The molecule has 1 N–H and O–H groups in total. The molecule has 1 aromatic heterocycles. The van der Waals surface area contributed by atoms with Crippen LogP contribution in [-0.4, -0.2) is 33.9 Å². The van der Waals surface area contributed by atoms with Crippen LogP contribution in [0.3, 0.4) is 0 Å². The minimum absolute atomic E-state index is 0.156. The molecule has 5 nitrogen and oxygen atoms in total. The topological polar surface area (TPSA) is 59.8 Å². The summed E-state index contributed by atoms with van der Waals surface area (Å²) in [5, 5.41) is 11.1. The van der Waals surface area contributed by atoms with E-state index in [0.29, 0.717) is 10.3 Å². The number of aryl methyl sites for hydroxylation is 1. The van der Waals surface area contributed by atoms with Crippen molar-refractivity contribution >= 4 is 21.7 Å². The Balaban J connectivity index is 2.35. The molecule has 1 fully saturated rings. The lowest BCUT2D eigenvalue weighted by atomic mass is 9.77. The summed E-state index contributed by atoms with van der Waals surface area (Å²) in [5.41, 5.74) is 0.314. The molecule has 0 bridgehead atoms. The standard InChI is InChI=1S/C11H17BrN4O/c1-3-4-11(5-6-13-7-11)9(17)8-10(12)14-15-16(8)2/h13H,3-7H2,1-2H3. The largest absolute Gasteiger partial charge is 0.316 e. The molecule has 0 amide bonds. The van der Waals surface area contributed by atoms with Gasteiger partial charge in [0.05, 0.1) is 0 Å². The second-order valence-corrected chi connectivity index (χ2v) is 5.39. The van der Waals surface area contributed by atoms with Crippen molar-refractivity contribution in [1.29, 1.82) is 0 Å². The van der Waals surface area contributed by atoms with Gasteiger partial charge in [-0.15, -0.1) is 5.10 Å². The van der Waals surface area contributed by atoms with E-state index in [9.17, 15) is 4.79 Å². The number of ketones is 1. The Labute approximate surface area is 109 Å². The van der Waals surface area contributed by atoms with Gasteiger partial charge >= 0.3 is 0 Å². The van der Waals surface area contributed by atoms with E-state index in [0.717, 1.165) is 32.4 Å². The Bertz CT molecular complexity index is 404. The number of hydrogen-bond acceptors (Lipinski definition) is 4. The van der Waals surface area contributed by atoms with Crippen molar-refractivity contribution in [2.45, 2.75) is 26.2 Å². The second-order valence-electron chi connectivity index (χ2n) is 4.64. The Morgan fingerprint density at radius 3 is 2.88 bits per heavy atom. The number of carbonyl (C=O) groups is 1. The molecule has 1 aliphatic rings. The molecule has 1 atom stereocenters. The van der Waals surface area contributed by atoms with Crippen LogP contribution in [0.5, 0.6) is 0 Å². The first-order valence-electron chi connectivity index (χ1n) is 5.91. The quantitative estimate of drug-likeness (QED) is 0.857. The Morgan fingerprint density at radius 2 is 2.41 bits per heavy atom. The van der Waals surface area contributed by atoms with Crippen molar-refractivity contribution in [2.75, 3.05) is 13.1 Å². The summed E-state index contributed by atoms with van der Waals surface area (Å²) in [6, 6.07) is 0. The summed E-state index contributed by atoms with van der Waals surface area (Å²) in [6.07, 6.45) is 2.82. The summed E-state index contributed by atoms with van der Waals surface area (Å²) in [6.45, 7) is 3.79. The van der Waals surface area contributed by atoms with Gasteiger partial charge in [0.15, 0.2) is 10.4 Å². The maximum absolute atomic E-state index is 12.7. The molecular weight excluding hydrogens is 284 g/mol. The highest BCUT2D eigenvalue weighted by atomic mass is 79.9. The number of nitrogens with one attached hydrogen (secondary N) is 1. The van der Waals surface area contributed by atoms with E-state index >= 15 is 0 Å². The van der Waals surface area contributed by atoms with Crippen LogP contribution in [0.25, 0.3) is 0 Å². The molecule has 1 aliphatic heterocycles. The predicted octanol–water partition coefficient (Wildman–Crippen LogP) is 1.54.